The fourth-order valence-corrected chi connectivity index (χ4v) is 2.59. The van der Waals surface area contributed by atoms with Crippen LogP contribution in [0.3, 0.4) is 0 Å². The molecule has 1 aromatic heterocycles. The Kier molecular flexibility index (Phi) is 3.75. The van der Waals surface area contributed by atoms with Crippen LogP contribution in [-0.4, -0.2) is 16.2 Å². The number of pyridine rings is 1. The van der Waals surface area contributed by atoms with Gasteiger partial charge in [0.15, 0.2) is 0 Å². The van der Waals surface area contributed by atoms with E-state index in [9.17, 15) is 5.11 Å². The van der Waals surface area contributed by atoms with E-state index in [-0.39, 0.29) is 6.10 Å². The summed E-state index contributed by atoms with van der Waals surface area (Å²) < 4.78 is 0. The number of fused-ring (bicyclic) bond motifs is 1. The zero-order chi connectivity index (χ0) is 13.8. The van der Waals surface area contributed by atoms with Crippen LogP contribution in [0, 0.1) is 0 Å². The van der Waals surface area contributed by atoms with Gasteiger partial charge in [-0.05, 0) is 46.9 Å². The molecule has 0 bridgehead atoms. The Morgan fingerprint density at radius 1 is 0.850 bits per heavy atom. The number of hydrogen-bond acceptors (Lipinski definition) is 2. The Bertz CT molecular complexity index is 689. The smallest absolute Gasteiger partial charge is 0.0621 e. The first-order valence-electron chi connectivity index (χ1n) is 6.86. The highest BCUT2D eigenvalue weighted by Crippen LogP contribution is 2.20. The molecule has 1 heterocycles. The van der Waals surface area contributed by atoms with E-state index in [2.05, 4.69) is 35.3 Å². The Morgan fingerprint density at radius 3 is 2.45 bits per heavy atom. The highest BCUT2D eigenvalue weighted by atomic mass is 16.3. The molecule has 0 amide bonds. The lowest BCUT2D eigenvalue weighted by Crippen LogP contribution is -2.14. The molecule has 2 aromatic carbocycles. The quantitative estimate of drug-likeness (QED) is 0.782. The molecule has 0 fully saturated rings. The summed E-state index contributed by atoms with van der Waals surface area (Å²) in [6.07, 6.45) is 4.48. The van der Waals surface area contributed by atoms with E-state index in [0.717, 1.165) is 5.56 Å². The van der Waals surface area contributed by atoms with Crippen LogP contribution in [0.2, 0.25) is 0 Å². The molecule has 0 spiro atoms. The molecule has 1 N–H and O–H groups in total. The van der Waals surface area contributed by atoms with Crippen LogP contribution in [0.4, 0.5) is 0 Å². The van der Waals surface area contributed by atoms with Crippen molar-refractivity contribution < 1.29 is 5.11 Å². The van der Waals surface area contributed by atoms with Gasteiger partial charge in [-0.25, -0.2) is 0 Å². The fourth-order valence-electron chi connectivity index (χ4n) is 2.59. The van der Waals surface area contributed by atoms with Gasteiger partial charge in [0.1, 0.15) is 0 Å². The zero-order valence-corrected chi connectivity index (χ0v) is 11.2. The number of benzene rings is 2. The van der Waals surface area contributed by atoms with Crippen molar-refractivity contribution in [2.45, 2.75) is 18.9 Å². The van der Waals surface area contributed by atoms with Crippen molar-refractivity contribution in [1.82, 2.24) is 4.98 Å². The number of nitrogens with zero attached hydrogens (tertiary/aromatic N) is 1. The van der Waals surface area contributed by atoms with Crippen molar-refractivity contribution in [1.29, 1.82) is 0 Å². The minimum Gasteiger partial charge on any atom is -0.392 e. The van der Waals surface area contributed by atoms with Crippen LogP contribution in [0.15, 0.2) is 67.0 Å². The summed E-state index contributed by atoms with van der Waals surface area (Å²) in [5.41, 5.74) is 2.32. The van der Waals surface area contributed by atoms with Crippen molar-refractivity contribution >= 4 is 10.8 Å². The van der Waals surface area contributed by atoms with Gasteiger partial charge in [-0.3, -0.25) is 4.98 Å². The van der Waals surface area contributed by atoms with Crippen molar-refractivity contribution in [2.24, 2.45) is 0 Å². The maximum Gasteiger partial charge on any atom is 0.0621 e. The van der Waals surface area contributed by atoms with Gasteiger partial charge in [0, 0.05) is 12.4 Å². The van der Waals surface area contributed by atoms with E-state index in [1.807, 2.05) is 24.3 Å². The Hall–Kier alpha value is -2.19. The van der Waals surface area contributed by atoms with E-state index < -0.39 is 0 Å². The van der Waals surface area contributed by atoms with Crippen LogP contribution in [0.1, 0.15) is 11.1 Å². The molecule has 0 aliphatic carbocycles. The molecule has 0 saturated heterocycles. The normalized spacial score (nSPS) is 12.4. The number of aliphatic hydroxyl groups is 1. The molecule has 2 nitrogen and oxygen atoms in total. The first kappa shape index (κ1) is 12.8. The molecule has 0 aliphatic rings. The molecule has 0 aliphatic heterocycles. The van der Waals surface area contributed by atoms with Crippen LogP contribution in [-0.2, 0) is 12.8 Å². The summed E-state index contributed by atoms with van der Waals surface area (Å²) >= 11 is 0. The number of aliphatic hydroxyl groups excluding tert-OH is 1. The topological polar surface area (TPSA) is 33.1 Å². The highest BCUT2D eigenvalue weighted by Gasteiger charge is 2.09. The number of hydrogen-bond donors (Lipinski definition) is 1. The molecule has 0 saturated carbocycles. The molecule has 3 rings (SSSR count). The molecule has 1 atom stereocenters. The second kappa shape index (κ2) is 5.85. The lowest BCUT2D eigenvalue weighted by molar-refractivity contribution is 0.176. The maximum atomic E-state index is 10.3. The van der Waals surface area contributed by atoms with Gasteiger partial charge in [-0.1, -0.05) is 42.5 Å². The van der Waals surface area contributed by atoms with E-state index in [1.54, 1.807) is 12.4 Å². The second-order valence-corrected chi connectivity index (χ2v) is 5.06. The summed E-state index contributed by atoms with van der Waals surface area (Å²) in [4.78, 5) is 4.00. The Labute approximate surface area is 118 Å². The third-order valence-corrected chi connectivity index (χ3v) is 3.56. The van der Waals surface area contributed by atoms with E-state index >= 15 is 0 Å². The van der Waals surface area contributed by atoms with E-state index in [0.29, 0.717) is 12.8 Å². The first-order valence-corrected chi connectivity index (χ1v) is 6.86. The van der Waals surface area contributed by atoms with Crippen LogP contribution >= 0.6 is 0 Å². The maximum absolute atomic E-state index is 10.3. The molecule has 20 heavy (non-hydrogen) atoms. The predicted molar refractivity (Wildman–Crippen MR) is 81.6 cm³/mol. The van der Waals surface area contributed by atoms with Crippen LogP contribution in [0.25, 0.3) is 10.8 Å². The van der Waals surface area contributed by atoms with Gasteiger partial charge in [0.25, 0.3) is 0 Å². The standard InChI is InChI=1S/C18H17NO/c20-17(12-14-8-10-19-11-9-14)13-16-6-3-5-15-4-1-2-7-18(15)16/h1-11,17,20H,12-13H2. The third kappa shape index (κ3) is 2.86. The van der Waals surface area contributed by atoms with Crippen LogP contribution in [0.5, 0.6) is 0 Å². The third-order valence-electron chi connectivity index (χ3n) is 3.56. The molecule has 2 heteroatoms. The van der Waals surface area contributed by atoms with Gasteiger partial charge in [-0.15, -0.1) is 0 Å². The van der Waals surface area contributed by atoms with Crippen molar-refractivity contribution in [3.8, 4) is 0 Å². The Balaban J connectivity index is 1.79. The summed E-state index contributed by atoms with van der Waals surface area (Å²) in [7, 11) is 0. The van der Waals surface area contributed by atoms with Crippen molar-refractivity contribution in [3.05, 3.63) is 78.1 Å². The fraction of sp³-hybridized carbons (Fsp3) is 0.167. The summed E-state index contributed by atoms with van der Waals surface area (Å²) in [5, 5.41) is 12.7. The molecular formula is C18H17NO. The summed E-state index contributed by atoms with van der Waals surface area (Å²) in [6.45, 7) is 0. The molecule has 3 aromatic rings. The minimum absolute atomic E-state index is 0.372. The molecular weight excluding hydrogens is 246 g/mol. The minimum atomic E-state index is -0.372. The average molecular weight is 263 g/mol. The molecule has 1 unspecified atom stereocenters. The van der Waals surface area contributed by atoms with Gasteiger partial charge in [0.2, 0.25) is 0 Å². The van der Waals surface area contributed by atoms with E-state index in [4.69, 9.17) is 0 Å². The largest absolute Gasteiger partial charge is 0.392 e. The number of aromatic nitrogens is 1. The van der Waals surface area contributed by atoms with Gasteiger partial charge in [-0.2, -0.15) is 0 Å². The summed E-state index contributed by atoms with van der Waals surface area (Å²) in [5.74, 6) is 0. The van der Waals surface area contributed by atoms with Gasteiger partial charge < -0.3 is 5.11 Å². The van der Waals surface area contributed by atoms with Crippen LogP contribution < -0.4 is 0 Å². The van der Waals surface area contributed by atoms with E-state index in [1.165, 1.54) is 16.3 Å². The van der Waals surface area contributed by atoms with Crippen molar-refractivity contribution in [2.75, 3.05) is 0 Å². The van der Waals surface area contributed by atoms with Crippen molar-refractivity contribution in [3.63, 3.8) is 0 Å². The lowest BCUT2D eigenvalue weighted by Gasteiger charge is -2.12. The molecule has 0 radical (unpaired) electrons. The average Bonchev–Trinajstić information content (AvgIpc) is 2.48. The Morgan fingerprint density at radius 2 is 1.60 bits per heavy atom. The highest BCUT2D eigenvalue weighted by molar-refractivity contribution is 5.85. The van der Waals surface area contributed by atoms with Gasteiger partial charge in [0.05, 0.1) is 6.10 Å². The zero-order valence-electron chi connectivity index (χ0n) is 11.2. The van der Waals surface area contributed by atoms with Gasteiger partial charge >= 0.3 is 0 Å². The number of rotatable bonds is 4. The predicted octanol–water partition coefficient (Wildman–Crippen LogP) is 3.38. The lowest BCUT2D eigenvalue weighted by atomic mass is 9.97. The second-order valence-electron chi connectivity index (χ2n) is 5.06. The SMILES string of the molecule is OC(Cc1ccncc1)Cc1cccc2ccccc12. The molecule has 100 valence electrons. The summed E-state index contributed by atoms with van der Waals surface area (Å²) in [6, 6.07) is 18.5. The first-order chi connectivity index (χ1) is 9.83. The monoisotopic (exact) mass is 263 g/mol.